The maximum absolute atomic E-state index is 12.5. The van der Waals surface area contributed by atoms with Gasteiger partial charge in [-0.15, -0.1) is 0 Å². The van der Waals surface area contributed by atoms with E-state index in [1.807, 2.05) is 12.1 Å². The highest BCUT2D eigenvalue weighted by atomic mass is 32.2. The number of nitro groups is 1. The number of piperazine rings is 1. The fourth-order valence-electron chi connectivity index (χ4n) is 2.85. The molecule has 8 nitrogen and oxygen atoms in total. The summed E-state index contributed by atoms with van der Waals surface area (Å²) in [6.07, 6.45) is 0. The van der Waals surface area contributed by atoms with Gasteiger partial charge in [-0.25, -0.2) is 8.42 Å². The molecule has 0 atom stereocenters. The monoisotopic (exact) mass is 376 g/mol. The molecule has 0 radical (unpaired) electrons. The van der Waals surface area contributed by atoms with Gasteiger partial charge in [0.15, 0.2) is 4.90 Å². The zero-order valence-electron chi connectivity index (χ0n) is 14.3. The third-order valence-corrected chi connectivity index (χ3v) is 5.77. The molecule has 0 aromatic heterocycles. The van der Waals surface area contributed by atoms with Gasteiger partial charge in [0.1, 0.15) is 0 Å². The molecule has 1 aliphatic heterocycles. The molecule has 2 aromatic carbocycles. The molecule has 1 fully saturated rings. The van der Waals surface area contributed by atoms with Crippen molar-refractivity contribution in [1.82, 2.24) is 4.90 Å². The largest absolute Gasteiger partial charge is 0.369 e. The Hall–Kier alpha value is -2.65. The lowest BCUT2D eigenvalue weighted by molar-refractivity contribution is -0.387. The number of nitrogens with one attached hydrogen (secondary N) is 1. The number of nitro benzene ring substituents is 1. The van der Waals surface area contributed by atoms with Crippen LogP contribution in [0.15, 0.2) is 53.4 Å². The van der Waals surface area contributed by atoms with Gasteiger partial charge >= 0.3 is 0 Å². The molecule has 1 saturated heterocycles. The first-order valence-corrected chi connectivity index (χ1v) is 9.65. The predicted molar refractivity (Wildman–Crippen MR) is 100 cm³/mol. The van der Waals surface area contributed by atoms with Crippen molar-refractivity contribution in [1.29, 1.82) is 0 Å². The van der Waals surface area contributed by atoms with E-state index in [4.69, 9.17) is 0 Å². The molecule has 138 valence electrons. The summed E-state index contributed by atoms with van der Waals surface area (Å²) in [6, 6.07) is 12.3. The third kappa shape index (κ3) is 3.94. The summed E-state index contributed by atoms with van der Waals surface area (Å²) < 4.78 is 27.4. The van der Waals surface area contributed by atoms with Crippen LogP contribution in [0.4, 0.5) is 17.1 Å². The van der Waals surface area contributed by atoms with E-state index in [9.17, 15) is 18.5 Å². The highest BCUT2D eigenvalue weighted by Gasteiger charge is 2.25. The molecular weight excluding hydrogens is 356 g/mol. The van der Waals surface area contributed by atoms with Crippen molar-refractivity contribution in [2.75, 3.05) is 42.8 Å². The summed E-state index contributed by atoms with van der Waals surface area (Å²) in [4.78, 5) is 14.5. The molecule has 0 saturated carbocycles. The van der Waals surface area contributed by atoms with Crippen LogP contribution in [0.1, 0.15) is 0 Å². The van der Waals surface area contributed by atoms with Crippen molar-refractivity contribution in [3.8, 4) is 0 Å². The first kappa shape index (κ1) is 18.2. The molecule has 26 heavy (non-hydrogen) atoms. The average Bonchev–Trinajstić information content (AvgIpc) is 2.63. The Morgan fingerprint density at radius 3 is 2.23 bits per heavy atom. The number of nitrogens with zero attached hydrogens (tertiary/aromatic N) is 3. The van der Waals surface area contributed by atoms with Gasteiger partial charge in [0.2, 0.25) is 0 Å². The van der Waals surface area contributed by atoms with Gasteiger partial charge in [0, 0.05) is 43.6 Å². The van der Waals surface area contributed by atoms with Crippen LogP contribution in [0, 0.1) is 10.1 Å². The second-order valence-electron chi connectivity index (χ2n) is 6.17. The Balaban J connectivity index is 1.77. The lowest BCUT2D eigenvalue weighted by atomic mass is 10.2. The highest BCUT2D eigenvalue weighted by molar-refractivity contribution is 7.92. The number of para-hydroxylation sites is 1. The van der Waals surface area contributed by atoms with Gasteiger partial charge in [-0.1, -0.05) is 12.1 Å². The van der Waals surface area contributed by atoms with Gasteiger partial charge in [-0.3, -0.25) is 14.8 Å². The Labute approximate surface area is 152 Å². The number of hydrogen-bond acceptors (Lipinski definition) is 6. The number of likely N-dealkylation sites (N-methyl/N-ethyl adjacent to an activating group) is 1. The summed E-state index contributed by atoms with van der Waals surface area (Å²) in [5.74, 6) is 0. The first-order valence-electron chi connectivity index (χ1n) is 8.16. The van der Waals surface area contributed by atoms with Crippen molar-refractivity contribution >= 4 is 27.1 Å². The van der Waals surface area contributed by atoms with E-state index in [0.29, 0.717) is 5.69 Å². The maximum Gasteiger partial charge on any atom is 0.289 e. The van der Waals surface area contributed by atoms with Crippen molar-refractivity contribution in [3.63, 3.8) is 0 Å². The summed E-state index contributed by atoms with van der Waals surface area (Å²) in [5.41, 5.74) is 0.932. The van der Waals surface area contributed by atoms with Crippen LogP contribution in [0.5, 0.6) is 0 Å². The standard InChI is InChI=1S/C17H20N4O4S/c1-19-10-12-20(13-11-19)15-8-6-14(7-9-15)18-26(24,25)17-5-3-2-4-16(17)21(22)23/h2-9,18H,10-13H2,1H3. The maximum atomic E-state index is 12.5. The number of benzene rings is 2. The van der Waals surface area contributed by atoms with Gasteiger partial charge < -0.3 is 9.80 Å². The van der Waals surface area contributed by atoms with Crippen molar-refractivity contribution in [2.45, 2.75) is 4.90 Å². The molecule has 1 heterocycles. The summed E-state index contributed by atoms with van der Waals surface area (Å²) >= 11 is 0. The molecule has 0 aliphatic carbocycles. The molecule has 0 amide bonds. The van der Waals surface area contributed by atoms with E-state index in [1.54, 1.807) is 12.1 Å². The minimum absolute atomic E-state index is 0.354. The highest BCUT2D eigenvalue weighted by Crippen LogP contribution is 2.26. The fraction of sp³-hybridized carbons (Fsp3) is 0.294. The molecule has 0 spiro atoms. The Morgan fingerprint density at radius 2 is 1.62 bits per heavy atom. The van der Waals surface area contributed by atoms with Crippen LogP contribution in [0.2, 0.25) is 0 Å². The Bertz CT molecular complexity index is 891. The summed E-state index contributed by atoms with van der Waals surface area (Å²) in [6.45, 7) is 3.79. The lowest BCUT2D eigenvalue weighted by Gasteiger charge is -2.34. The normalized spacial score (nSPS) is 15.7. The number of anilines is 2. The minimum atomic E-state index is -4.05. The Morgan fingerprint density at radius 1 is 1.00 bits per heavy atom. The zero-order valence-corrected chi connectivity index (χ0v) is 15.1. The second kappa shape index (κ2) is 7.30. The predicted octanol–water partition coefficient (Wildman–Crippen LogP) is 2.15. The molecule has 1 aliphatic rings. The molecular formula is C17H20N4O4S. The van der Waals surface area contributed by atoms with Crippen LogP contribution < -0.4 is 9.62 Å². The molecule has 3 rings (SSSR count). The van der Waals surface area contributed by atoms with E-state index in [2.05, 4.69) is 21.6 Å². The Kier molecular flexibility index (Phi) is 5.10. The SMILES string of the molecule is CN1CCN(c2ccc(NS(=O)(=O)c3ccccc3[N+](=O)[O-])cc2)CC1. The quantitative estimate of drug-likeness (QED) is 0.634. The molecule has 1 N–H and O–H groups in total. The average molecular weight is 376 g/mol. The molecule has 0 bridgehead atoms. The summed E-state index contributed by atoms with van der Waals surface area (Å²) in [5, 5.41) is 11.1. The summed E-state index contributed by atoms with van der Waals surface area (Å²) in [7, 11) is -1.96. The van der Waals surface area contributed by atoms with Crippen LogP contribution in [0.25, 0.3) is 0 Å². The van der Waals surface area contributed by atoms with E-state index in [1.165, 1.54) is 24.3 Å². The van der Waals surface area contributed by atoms with Crippen LogP contribution in [-0.4, -0.2) is 51.5 Å². The molecule has 9 heteroatoms. The number of sulfonamides is 1. The van der Waals surface area contributed by atoms with E-state index in [-0.39, 0.29) is 4.90 Å². The van der Waals surface area contributed by atoms with Gasteiger partial charge in [-0.2, -0.15) is 0 Å². The smallest absolute Gasteiger partial charge is 0.289 e. The minimum Gasteiger partial charge on any atom is -0.369 e. The second-order valence-corrected chi connectivity index (χ2v) is 7.82. The van der Waals surface area contributed by atoms with E-state index < -0.39 is 20.6 Å². The topological polar surface area (TPSA) is 95.8 Å². The van der Waals surface area contributed by atoms with Crippen molar-refractivity contribution in [2.24, 2.45) is 0 Å². The van der Waals surface area contributed by atoms with Crippen LogP contribution in [-0.2, 0) is 10.0 Å². The van der Waals surface area contributed by atoms with Crippen molar-refractivity contribution < 1.29 is 13.3 Å². The van der Waals surface area contributed by atoms with Gasteiger partial charge in [-0.05, 0) is 37.4 Å². The van der Waals surface area contributed by atoms with Crippen LogP contribution in [0.3, 0.4) is 0 Å². The van der Waals surface area contributed by atoms with Gasteiger partial charge in [0.05, 0.1) is 4.92 Å². The fourth-order valence-corrected chi connectivity index (χ4v) is 4.08. The number of rotatable bonds is 5. The van der Waals surface area contributed by atoms with Crippen LogP contribution >= 0.6 is 0 Å². The number of hydrogen-bond donors (Lipinski definition) is 1. The first-order chi connectivity index (χ1) is 12.4. The third-order valence-electron chi connectivity index (χ3n) is 4.34. The zero-order chi connectivity index (χ0) is 18.7. The van der Waals surface area contributed by atoms with Crippen molar-refractivity contribution in [3.05, 3.63) is 58.6 Å². The molecule has 2 aromatic rings. The van der Waals surface area contributed by atoms with E-state index >= 15 is 0 Å². The van der Waals surface area contributed by atoms with Gasteiger partial charge in [0.25, 0.3) is 15.7 Å². The molecule has 0 unspecified atom stereocenters. The van der Waals surface area contributed by atoms with E-state index in [0.717, 1.165) is 31.9 Å². The lowest BCUT2D eigenvalue weighted by Crippen LogP contribution is -2.44.